The zero-order valence-electron chi connectivity index (χ0n) is 14.9. The minimum Gasteiger partial charge on any atom is -0.481 e. The Labute approximate surface area is 144 Å². The van der Waals surface area contributed by atoms with Crippen molar-refractivity contribution in [2.24, 2.45) is 40.4 Å². The Morgan fingerprint density at radius 2 is 1.71 bits per heavy atom. The van der Waals surface area contributed by atoms with Crippen molar-refractivity contribution >= 4 is 5.97 Å². The van der Waals surface area contributed by atoms with Gasteiger partial charge in [0, 0.05) is 5.41 Å². The van der Waals surface area contributed by atoms with Crippen LogP contribution in [0.15, 0.2) is 0 Å². The molecule has 0 aromatic heterocycles. The lowest BCUT2D eigenvalue weighted by Gasteiger charge is -2.61. The number of rotatable bonds is 1. The Hall–Kier alpha value is -0.610. The van der Waals surface area contributed by atoms with Crippen LogP contribution in [0.2, 0.25) is 0 Å². The van der Waals surface area contributed by atoms with Crippen LogP contribution in [0.3, 0.4) is 0 Å². The number of carboxylic acids is 1. The third-order valence-electron chi connectivity index (χ3n) is 9.04. The van der Waals surface area contributed by atoms with Crippen molar-refractivity contribution in [3.63, 3.8) is 0 Å². The summed E-state index contributed by atoms with van der Waals surface area (Å²) in [7, 11) is 0. The van der Waals surface area contributed by atoms with Crippen LogP contribution in [-0.2, 0) is 4.79 Å². The van der Waals surface area contributed by atoms with E-state index in [1.807, 2.05) is 6.92 Å². The predicted octanol–water partition coefficient (Wildman–Crippen LogP) is 3.06. The molecule has 4 rings (SSSR count). The Bertz CT molecular complexity index is 534. The van der Waals surface area contributed by atoms with E-state index in [0.29, 0.717) is 23.7 Å². The third kappa shape index (κ3) is 2.08. The highest BCUT2D eigenvalue weighted by molar-refractivity contribution is 5.71. The normalized spacial score (nSPS) is 56.9. The molecular weight excluding hydrogens is 304 g/mol. The zero-order chi connectivity index (χ0) is 17.3. The smallest absolute Gasteiger partial charge is 0.307 e. The van der Waals surface area contributed by atoms with Gasteiger partial charge in [-0.25, -0.2) is 0 Å². The zero-order valence-corrected chi connectivity index (χ0v) is 14.9. The number of aliphatic carboxylic acids is 1. The molecule has 0 aromatic carbocycles. The van der Waals surface area contributed by atoms with Crippen molar-refractivity contribution in [1.82, 2.24) is 0 Å². The van der Waals surface area contributed by atoms with Gasteiger partial charge in [-0.3, -0.25) is 4.79 Å². The van der Waals surface area contributed by atoms with Crippen LogP contribution in [-0.4, -0.2) is 33.5 Å². The Morgan fingerprint density at radius 3 is 2.42 bits per heavy atom. The van der Waals surface area contributed by atoms with Gasteiger partial charge >= 0.3 is 5.97 Å². The van der Waals surface area contributed by atoms with Crippen LogP contribution in [0.5, 0.6) is 0 Å². The van der Waals surface area contributed by atoms with Crippen LogP contribution in [0.25, 0.3) is 0 Å². The van der Waals surface area contributed by atoms with Crippen LogP contribution >= 0.6 is 0 Å². The molecule has 0 saturated heterocycles. The first kappa shape index (κ1) is 16.8. The molecule has 136 valence electrons. The molecule has 0 bridgehead atoms. The first-order valence-corrected chi connectivity index (χ1v) is 9.87. The molecule has 4 heteroatoms. The summed E-state index contributed by atoms with van der Waals surface area (Å²) in [6.45, 7) is 4.43. The molecule has 0 radical (unpaired) electrons. The third-order valence-corrected chi connectivity index (χ3v) is 9.04. The van der Waals surface area contributed by atoms with E-state index < -0.39 is 23.4 Å². The maximum atomic E-state index is 11.8. The lowest BCUT2D eigenvalue weighted by atomic mass is 9.44. The maximum absolute atomic E-state index is 11.8. The molecule has 4 fully saturated rings. The quantitative estimate of drug-likeness (QED) is 0.688. The van der Waals surface area contributed by atoms with Crippen molar-refractivity contribution < 1.29 is 20.1 Å². The number of carbonyl (C=O) groups is 1. The molecule has 0 amide bonds. The highest BCUT2D eigenvalue weighted by atomic mass is 16.4. The molecule has 24 heavy (non-hydrogen) atoms. The standard InChI is InChI=1S/C20H32O4/c1-19-8-7-12(21)9-11(19)3-4-13-14-5-6-15(18(23)24)20(14,2)17(22)10-16(13)19/h11-17,21-22H,3-10H2,1-2H3,(H,23,24)/t11-,12-,13-,14-,15+,16-,17-,19-,20-/m0/s1. The summed E-state index contributed by atoms with van der Waals surface area (Å²) >= 11 is 0. The van der Waals surface area contributed by atoms with Gasteiger partial charge in [0.15, 0.2) is 0 Å². The van der Waals surface area contributed by atoms with Gasteiger partial charge in [-0.05, 0) is 80.5 Å². The molecule has 0 heterocycles. The monoisotopic (exact) mass is 336 g/mol. The van der Waals surface area contributed by atoms with Crippen LogP contribution < -0.4 is 0 Å². The first-order valence-electron chi connectivity index (χ1n) is 9.87. The molecule has 3 N–H and O–H groups in total. The van der Waals surface area contributed by atoms with Gasteiger partial charge in [0.25, 0.3) is 0 Å². The summed E-state index contributed by atoms with van der Waals surface area (Å²) in [5.74, 6) is 0.840. The maximum Gasteiger partial charge on any atom is 0.307 e. The fourth-order valence-corrected chi connectivity index (χ4v) is 7.61. The minimum atomic E-state index is -0.724. The minimum absolute atomic E-state index is 0.152. The topological polar surface area (TPSA) is 77.8 Å². The summed E-state index contributed by atoms with van der Waals surface area (Å²) in [6.07, 6.45) is 6.93. The van der Waals surface area contributed by atoms with E-state index in [0.717, 1.165) is 51.4 Å². The van der Waals surface area contributed by atoms with Gasteiger partial charge in [-0.1, -0.05) is 13.8 Å². The SMILES string of the molecule is C[C@]12CC[C@H](O)C[C@@H]1CC[C@@H]1[C@@H]2C[C@H](O)[C@]2(C)[C@@H](C(=O)O)CC[C@@H]12. The van der Waals surface area contributed by atoms with Crippen LogP contribution in [0.4, 0.5) is 0 Å². The molecule has 0 aromatic rings. The molecule has 0 spiro atoms. The number of carboxylic acid groups (broad SMARTS) is 1. The van der Waals surface area contributed by atoms with Gasteiger partial charge in [-0.2, -0.15) is 0 Å². The molecular formula is C20H32O4. The van der Waals surface area contributed by atoms with Crippen molar-refractivity contribution in [1.29, 1.82) is 0 Å². The van der Waals surface area contributed by atoms with Crippen LogP contribution in [0, 0.1) is 40.4 Å². The fraction of sp³-hybridized carbons (Fsp3) is 0.950. The summed E-state index contributed by atoms with van der Waals surface area (Å²) in [4.78, 5) is 11.8. The van der Waals surface area contributed by atoms with Crippen molar-refractivity contribution in [2.45, 2.75) is 77.4 Å². The van der Waals surface area contributed by atoms with Crippen molar-refractivity contribution in [3.8, 4) is 0 Å². The number of hydrogen-bond acceptors (Lipinski definition) is 3. The lowest BCUT2D eigenvalue weighted by molar-refractivity contribution is -0.180. The van der Waals surface area contributed by atoms with Gasteiger partial charge in [0.1, 0.15) is 0 Å². The summed E-state index contributed by atoms with van der Waals surface area (Å²) in [5, 5.41) is 30.8. The van der Waals surface area contributed by atoms with E-state index in [4.69, 9.17) is 0 Å². The van der Waals surface area contributed by atoms with E-state index in [1.54, 1.807) is 0 Å². The fourth-order valence-electron chi connectivity index (χ4n) is 7.61. The Kier molecular flexibility index (Phi) is 3.82. The summed E-state index contributed by atoms with van der Waals surface area (Å²) in [6, 6.07) is 0. The lowest BCUT2D eigenvalue weighted by Crippen LogP contribution is -2.59. The molecule has 9 atom stereocenters. The molecule has 4 nitrogen and oxygen atoms in total. The van der Waals surface area contributed by atoms with Crippen LogP contribution in [0.1, 0.15) is 65.2 Å². The van der Waals surface area contributed by atoms with Gasteiger partial charge in [0.2, 0.25) is 0 Å². The van der Waals surface area contributed by atoms with E-state index in [2.05, 4.69) is 6.92 Å². The molecule has 0 aliphatic heterocycles. The molecule has 4 aliphatic rings. The number of aliphatic hydroxyl groups is 2. The van der Waals surface area contributed by atoms with Gasteiger partial charge < -0.3 is 15.3 Å². The second kappa shape index (κ2) is 5.44. The highest BCUT2D eigenvalue weighted by Gasteiger charge is 2.64. The second-order valence-corrected chi connectivity index (χ2v) is 9.67. The first-order chi connectivity index (χ1) is 11.3. The van der Waals surface area contributed by atoms with E-state index in [9.17, 15) is 20.1 Å². The largest absolute Gasteiger partial charge is 0.481 e. The molecule has 4 saturated carbocycles. The van der Waals surface area contributed by atoms with E-state index in [-0.39, 0.29) is 11.5 Å². The van der Waals surface area contributed by atoms with Gasteiger partial charge in [0.05, 0.1) is 18.1 Å². The number of fused-ring (bicyclic) bond motifs is 5. The van der Waals surface area contributed by atoms with E-state index in [1.165, 1.54) is 0 Å². The Balaban J connectivity index is 1.66. The van der Waals surface area contributed by atoms with Crippen molar-refractivity contribution in [2.75, 3.05) is 0 Å². The molecule has 4 aliphatic carbocycles. The van der Waals surface area contributed by atoms with Crippen molar-refractivity contribution in [3.05, 3.63) is 0 Å². The number of hydrogen-bond donors (Lipinski definition) is 3. The average molecular weight is 336 g/mol. The van der Waals surface area contributed by atoms with Gasteiger partial charge in [-0.15, -0.1) is 0 Å². The Morgan fingerprint density at radius 1 is 0.958 bits per heavy atom. The molecule has 0 unspecified atom stereocenters. The second-order valence-electron chi connectivity index (χ2n) is 9.67. The summed E-state index contributed by atoms with van der Waals surface area (Å²) in [5.41, 5.74) is -0.240. The predicted molar refractivity (Wildman–Crippen MR) is 90.2 cm³/mol. The summed E-state index contributed by atoms with van der Waals surface area (Å²) < 4.78 is 0. The average Bonchev–Trinajstić information content (AvgIpc) is 2.88. The highest BCUT2D eigenvalue weighted by Crippen LogP contribution is 2.67. The van der Waals surface area contributed by atoms with E-state index >= 15 is 0 Å². The number of aliphatic hydroxyl groups excluding tert-OH is 2.